The molecule has 0 aromatic heterocycles. The van der Waals surface area contributed by atoms with Crippen molar-refractivity contribution >= 4 is 45.6 Å². The topological polar surface area (TPSA) is 58.2 Å². The van der Waals surface area contributed by atoms with Gasteiger partial charge in [-0.25, -0.2) is 13.1 Å². The van der Waals surface area contributed by atoms with Gasteiger partial charge in [0.2, 0.25) is 10.0 Å². The second-order valence-corrected chi connectivity index (χ2v) is 6.08. The number of hydrogen-bond donors (Lipinski definition) is 2. The van der Waals surface area contributed by atoms with Gasteiger partial charge in [-0.3, -0.25) is 0 Å². The molecule has 8 heteroatoms. The predicted molar refractivity (Wildman–Crippen MR) is 78.3 cm³/mol. The molecule has 0 atom stereocenters. The summed E-state index contributed by atoms with van der Waals surface area (Å²) in [5.74, 6) is -0.213. The Morgan fingerprint density at radius 1 is 1.17 bits per heavy atom. The first-order valence-electron chi connectivity index (χ1n) is 5.01. The van der Waals surface area contributed by atoms with Crippen LogP contribution in [-0.2, 0) is 15.8 Å². The third-order valence-electron chi connectivity index (χ3n) is 2.09. The van der Waals surface area contributed by atoms with Gasteiger partial charge in [0, 0.05) is 28.7 Å². The van der Waals surface area contributed by atoms with Gasteiger partial charge in [-0.05, 0) is 19.2 Å². The van der Waals surface area contributed by atoms with Gasteiger partial charge in [-0.1, -0.05) is 29.3 Å². The average Bonchev–Trinajstić information content (AvgIpc) is 2.24. The summed E-state index contributed by atoms with van der Waals surface area (Å²) in [6.45, 7) is 0.899. The van der Waals surface area contributed by atoms with Gasteiger partial charge in [0.1, 0.15) is 0 Å². The fraction of sp³-hybridized carbons (Fsp3) is 0.400. The molecular weight excluding hydrogens is 319 g/mol. The van der Waals surface area contributed by atoms with E-state index in [2.05, 4.69) is 10.0 Å². The van der Waals surface area contributed by atoms with Crippen LogP contribution in [0, 0.1) is 0 Å². The number of halogens is 3. The molecule has 0 bridgehead atoms. The lowest BCUT2D eigenvalue weighted by atomic mass is 10.2. The van der Waals surface area contributed by atoms with E-state index in [0.717, 1.165) is 0 Å². The molecule has 0 saturated heterocycles. The minimum atomic E-state index is -3.41. The van der Waals surface area contributed by atoms with Crippen molar-refractivity contribution in [1.29, 1.82) is 0 Å². The maximum atomic E-state index is 11.7. The molecule has 0 fully saturated rings. The van der Waals surface area contributed by atoms with Crippen molar-refractivity contribution in [3.8, 4) is 0 Å². The van der Waals surface area contributed by atoms with E-state index >= 15 is 0 Å². The Morgan fingerprint density at radius 2 is 1.72 bits per heavy atom. The Balaban J connectivity index is 0.00000289. The van der Waals surface area contributed by atoms with E-state index in [1.807, 2.05) is 0 Å². The van der Waals surface area contributed by atoms with E-state index < -0.39 is 10.0 Å². The minimum Gasteiger partial charge on any atom is -0.318 e. The lowest BCUT2D eigenvalue weighted by Crippen LogP contribution is -2.31. The zero-order chi connectivity index (χ0) is 12.9. The van der Waals surface area contributed by atoms with Crippen molar-refractivity contribution in [1.82, 2.24) is 10.0 Å². The molecule has 4 nitrogen and oxygen atoms in total. The highest BCUT2D eigenvalue weighted by molar-refractivity contribution is 7.88. The molecule has 1 aromatic carbocycles. The molecule has 0 aliphatic heterocycles. The molecule has 0 aliphatic carbocycles. The third kappa shape index (κ3) is 5.73. The fourth-order valence-corrected chi connectivity index (χ4v) is 3.14. The van der Waals surface area contributed by atoms with Crippen molar-refractivity contribution < 1.29 is 8.42 Å². The predicted octanol–water partition coefficient (Wildman–Crippen LogP) is 2.05. The normalized spacial score (nSPS) is 11.1. The van der Waals surface area contributed by atoms with Gasteiger partial charge in [0.05, 0.1) is 5.75 Å². The number of benzene rings is 1. The quantitative estimate of drug-likeness (QED) is 0.783. The van der Waals surface area contributed by atoms with E-state index in [1.54, 1.807) is 25.2 Å². The second-order valence-electron chi connectivity index (χ2n) is 3.46. The van der Waals surface area contributed by atoms with Crippen LogP contribution < -0.4 is 10.0 Å². The monoisotopic (exact) mass is 332 g/mol. The van der Waals surface area contributed by atoms with Gasteiger partial charge in [-0.15, -0.1) is 12.4 Å². The van der Waals surface area contributed by atoms with Crippen molar-refractivity contribution in [3.05, 3.63) is 33.8 Å². The van der Waals surface area contributed by atoms with Gasteiger partial charge >= 0.3 is 0 Å². The zero-order valence-corrected chi connectivity index (χ0v) is 12.9. The van der Waals surface area contributed by atoms with Crippen LogP contribution in [0.5, 0.6) is 0 Å². The molecule has 2 N–H and O–H groups in total. The number of sulfonamides is 1. The van der Waals surface area contributed by atoms with Crippen LogP contribution in [0.3, 0.4) is 0 Å². The highest BCUT2D eigenvalue weighted by Gasteiger charge is 2.15. The Bertz CT molecular complexity index is 460. The summed E-state index contributed by atoms with van der Waals surface area (Å²) in [6, 6.07) is 4.91. The van der Waals surface area contributed by atoms with Gasteiger partial charge in [0.25, 0.3) is 0 Å². The second kappa shape index (κ2) is 8.19. The van der Waals surface area contributed by atoms with Crippen LogP contribution >= 0.6 is 35.6 Å². The van der Waals surface area contributed by atoms with Crippen LogP contribution in [0.4, 0.5) is 0 Å². The highest BCUT2D eigenvalue weighted by atomic mass is 35.5. The van der Waals surface area contributed by atoms with Crippen LogP contribution in [0.1, 0.15) is 5.56 Å². The number of nitrogens with one attached hydrogen (secondary N) is 2. The SMILES string of the molecule is CNCCNS(=O)(=O)Cc1c(Cl)cccc1Cl.Cl. The Labute approximate surface area is 124 Å². The summed E-state index contributed by atoms with van der Waals surface area (Å²) in [7, 11) is -1.66. The molecule has 0 saturated carbocycles. The first-order valence-corrected chi connectivity index (χ1v) is 7.42. The molecular formula is C10H15Cl3N2O2S. The molecule has 0 unspecified atom stereocenters. The van der Waals surface area contributed by atoms with E-state index in [-0.39, 0.29) is 18.2 Å². The molecule has 0 heterocycles. The molecule has 0 radical (unpaired) electrons. The van der Waals surface area contributed by atoms with Gasteiger partial charge in [0.15, 0.2) is 0 Å². The van der Waals surface area contributed by atoms with Crippen LogP contribution in [-0.4, -0.2) is 28.6 Å². The summed E-state index contributed by atoms with van der Waals surface area (Å²) in [5, 5.41) is 3.56. The smallest absolute Gasteiger partial charge is 0.215 e. The first kappa shape index (κ1) is 18.0. The largest absolute Gasteiger partial charge is 0.318 e. The number of likely N-dealkylation sites (N-methyl/N-ethyl adjacent to an activating group) is 1. The lowest BCUT2D eigenvalue weighted by Gasteiger charge is -2.09. The van der Waals surface area contributed by atoms with E-state index in [1.165, 1.54) is 0 Å². The van der Waals surface area contributed by atoms with Crippen molar-refractivity contribution in [2.75, 3.05) is 20.1 Å². The Morgan fingerprint density at radius 3 is 2.22 bits per heavy atom. The number of hydrogen-bond acceptors (Lipinski definition) is 3. The molecule has 0 amide bonds. The molecule has 18 heavy (non-hydrogen) atoms. The molecule has 0 aliphatic rings. The summed E-state index contributed by atoms with van der Waals surface area (Å²) < 4.78 is 25.9. The molecule has 104 valence electrons. The lowest BCUT2D eigenvalue weighted by molar-refractivity contribution is 0.578. The zero-order valence-electron chi connectivity index (χ0n) is 9.74. The first-order chi connectivity index (χ1) is 7.96. The fourth-order valence-electron chi connectivity index (χ4n) is 1.24. The van der Waals surface area contributed by atoms with Gasteiger partial charge < -0.3 is 5.32 Å². The highest BCUT2D eigenvalue weighted by Crippen LogP contribution is 2.25. The maximum Gasteiger partial charge on any atom is 0.215 e. The molecule has 1 rings (SSSR count). The summed E-state index contributed by atoms with van der Waals surface area (Å²) >= 11 is 11.8. The van der Waals surface area contributed by atoms with Crippen LogP contribution in [0.25, 0.3) is 0 Å². The number of rotatable bonds is 6. The van der Waals surface area contributed by atoms with Crippen molar-refractivity contribution in [2.45, 2.75) is 5.75 Å². The van der Waals surface area contributed by atoms with E-state index in [9.17, 15) is 8.42 Å². The summed E-state index contributed by atoms with van der Waals surface area (Å²) in [4.78, 5) is 0. The van der Waals surface area contributed by atoms with Crippen LogP contribution in [0.15, 0.2) is 18.2 Å². The summed E-state index contributed by atoms with van der Waals surface area (Å²) in [6.07, 6.45) is 0. The average molecular weight is 334 g/mol. The third-order valence-corrected chi connectivity index (χ3v) is 4.11. The van der Waals surface area contributed by atoms with E-state index in [0.29, 0.717) is 28.7 Å². The van der Waals surface area contributed by atoms with Crippen LogP contribution in [0.2, 0.25) is 10.0 Å². The summed E-state index contributed by atoms with van der Waals surface area (Å²) in [5.41, 5.74) is 0.424. The Hall–Kier alpha value is -0.0400. The van der Waals surface area contributed by atoms with Crippen molar-refractivity contribution in [3.63, 3.8) is 0 Å². The van der Waals surface area contributed by atoms with Gasteiger partial charge in [-0.2, -0.15) is 0 Å². The maximum absolute atomic E-state index is 11.7. The minimum absolute atomic E-state index is 0. The Kier molecular flexibility index (Phi) is 8.18. The standard InChI is InChI=1S/C10H14Cl2N2O2S.ClH/c1-13-5-6-14-17(15,16)7-8-9(11)3-2-4-10(8)12;/h2-4,13-14H,5-7H2,1H3;1H. The molecule has 1 aromatic rings. The molecule has 0 spiro atoms. The van der Waals surface area contributed by atoms with E-state index in [4.69, 9.17) is 23.2 Å². The van der Waals surface area contributed by atoms with Crippen molar-refractivity contribution in [2.24, 2.45) is 0 Å².